The Hall–Kier alpha value is -2.19. The zero-order valence-corrected chi connectivity index (χ0v) is 20.0. The van der Waals surface area contributed by atoms with E-state index in [1.165, 1.54) is 8.99 Å². The molecule has 1 heterocycles. The number of rotatable bonds is 8. The molecule has 1 amide bonds. The zero-order chi connectivity index (χ0) is 22.7. The lowest BCUT2D eigenvalue weighted by molar-refractivity contribution is -0.137. The summed E-state index contributed by atoms with van der Waals surface area (Å²) in [5.74, 6) is -0.108. The average molecular weight is 435 g/mol. The van der Waals surface area contributed by atoms with Crippen molar-refractivity contribution in [2.24, 2.45) is 0 Å². The van der Waals surface area contributed by atoms with Crippen LogP contribution in [0.25, 0.3) is 0 Å². The maximum absolute atomic E-state index is 13.2. The molecule has 1 aromatic carbocycles. The number of hydrogen-bond acceptors (Lipinski definition) is 4. The molecule has 0 saturated heterocycles. The SMILES string of the molecule is CCN(CC)S(=O)(=O)c1c(C)nn(CC(=O)N(Cc2ccccc2)C(C)(C)C)c1C. The Morgan fingerprint density at radius 1 is 1.07 bits per heavy atom. The summed E-state index contributed by atoms with van der Waals surface area (Å²) in [7, 11) is -3.65. The molecule has 0 aliphatic heterocycles. The Bertz CT molecular complexity index is 972. The van der Waals surface area contributed by atoms with E-state index in [9.17, 15) is 13.2 Å². The molecule has 30 heavy (non-hydrogen) atoms. The topological polar surface area (TPSA) is 75.5 Å². The second kappa shape index (κ2) is 9.31. The Morgan fingerprint density at radius 3 is 2.13 bits per heavy atom. The maximum Gasteiger partial charge on any atom is 0.246 e. The van der Waals surface area contributed by atoms with Crippen molar-refractivity contribution in [3.05, 3.63) is 47.3 Å². The summed E-state index contributed by atoms with van der Waals surface area (Å²) in [5.41, 5.74) is 1.55. The van der Waals surface area contributed by atoms with E-state index in [0.717, 1.165) is 5.56 Å². The summed E-state index contributed by atoms with van der Waals surface area (Å²) in [6.07, 6.45) is 0. The molecule has 0 aliphatic carbocycles. The maximum atomic E-state index is 13.2. The van der Waals surface area contributed by atoms with Gasteiger partial charge in [-0.3, -0.25) is 9.48 Å². The van der Waals surface area contributed by atoms with Crippen LogP contribution in [-0.2, 0) is 27.9 Å². The molecule has 0 N–H and O–H groups in total. The van der Waals surface area contributed by atoms with E-state index in [1.807, 2.05) is 65.0 Å². The van der Waals surface area contributed by atoms with E-state index in [-0.39, 0.29) is 22.9 Å². The van der Waals surface area contributed by atoms with Crippen LogP contribution >= 0.6 is 0 Å². The van der Waals surface area contributed by atoms with E-state index in [4.69, 9.17) is 0 Å². The van der Waals surface area contributed by atoms with Gasteiger partial charge in [-0.15, -0.1) is 0 Å². The van der Waals surface area contributed by atoms with Crippen LogP contribution in [0, 0.1) is 13.8 Å². The molecule has 166 valence electrons. The number of carbonyl (C=O) groups excluding carboxylic acids is 1. The van der Waals surface area contributed by atoms with Crippen molar-refractivity contribution in [3.63, 3.8) is 0 Å². The van der Waals surface area contributed by atoms with Gasteiger partial charge in [0.2, 0.25) is 15.9 Å². The van der Waals surface area contributed by atoms with Gasteiger partial charge in [0.25, 0.3) is 0 Å². The highest BCUT2D eigenvalue weighted by Gasteiger charge is 2.31. The van der Waals surface area contributed by atoms with E-state index in [1.54, 1.807) is 18.7 Å². The molecule has 0 radical (unpaired) electrons. The molecule has 0 spiro atoms. The molecule has 0 bridgehead atoms. The Kier molecular flexibility index (Phi) is 7.47. The second-order valence-corrected chi connectivity index (χ2v) is 10.3. The number of sulfonamides is 1. The first-order valence-corrected chi connectivity index (χ1v) is 11.8. The number of carbonyl (C=O) groups is 1. The summed E-state index contributed by atoms with van der Waals surface area (Å²) in [6.45, 7) is 14.2. The fourth-order valence-corrected chi connectivity index (χ4v) is 5.41. The van der Waals surface area contributed by atoms with E-state index in [0.29, 0.717) is 31.0 Å². The highest BCUT2D eigenvalue weighted by molar-refractivity contribution is 7.89. The second-order valence-electron chi connectivity index (χ2n) is 8.38. The van der Waals surface area contributed by atoms with Gasteiger partial charge in [0, 0.05) is 25.2 Å². The van der Waals surface area contributed by atoms with Gasteiger partial charge in [0.05, 0.1) is 11.4 Å². The highest BCUT2D eigenvalue weighted by atomic mass is 32.2. The first-order chi connectivity index (χ1) is 13.9. The minimum absolute atomic E-state index is 0.00938. The third-order valence-electron chi connectivity index (χ3n) is 5.20. The monoisotopic (exact) mass is 434 g/mol. The molecule has 7 nitrogen and oxygen atoms in total. The van der Waals surface area contributed by atoms with Crippen LogP contribution in [0.3, 0.4) is 0 Å². The van der Waals surface area contributed by atoms with Crippen LogP contribution in [0.1, 0.15) is 51.6 Å². The molecule has 2 aromatic rings. The number of benzene rings is 1. The number of amides is 1. The van der Waals surface area contributed by atoms with Gasteiger partial charge >= 0.3 is 0 Å². The van der Waals surface area contributed by atoms with E-state index < -0.39 is 10.0 Å². The largest absolute Gasteiger partial charge is 0.332 e. The molecule has 0 unspecified atom stereocenters. The van der Waals surface area contributed by atoms with Crippen molar-refractivity contribution in [2.75, 3.05) is 13.1 Å². The summed E-state index contributed by atoms with van der Waals surface area (Å²) in [5, 5.41) is 4.40. The molecule has 0 aliphatic rings. The first-order valence-electron chi connectivity index (χ1n) is 10.3. The average Bonchev–Trinajstić information content (AvgIpc) is 2.94. The molecular weight excluding hydrogens is 400 g/mol. The normalized spacial score (nSPS) is 12.4. The van der Waals surface area contributed by atoms with Crippen molar-refractivity contribution in [3.8, 4) is 0 Å². The Balaban J connectivity index is 2.36. The Morgan fingerprint density at radius 2 is 1.63 bits per heavy atom. The van der Waals surface area contributed by atoms with Crippen molar-refractivity contribution in [1.29, 1.82) is 0 Å². The number of aromatic nitrogens is 2. The smallest absolute Gasteiger partial charge is 0.246 e. The number of hydrogen-bond donors (Lipinski definition) is 0. The fraction of sp³-hybridized carbons (Fsp3) is 0.545. The van der Waals surface area contributed by atoms with E-state index >= 15 is 0 Å². The fourth-order valence-electron chi connectivity index (χ4n) is 3.58. The third kappa shape index (κ3) is 5.10. The summed E-state index contributed by atoms with van der Waals surface area (Å²) in [4.78, 5) is 15.2. The lowest BCUT2D eigenvalue weighted by atomic mass is 10.0. The standard InChI is InChI=1S/C22H34N4O3S/c1-8-24(9-2)30(28,29)21-17(3)23-26(18(21)4)16-20(27)25(22(5,6)7)15-19-13-11-10-12-14-19/h10-14H,8-9,15-16H2,1-7H3. The molecule has 2 rings (SSSR count). The number of aryl methyl sites for hydroxylation is 1. The minimum atomic E-state index is -3.65. The molecule has 0 saturated carbocycles. The van der Waals surface area contributed by atoms with Crippen LogP contribution in [-0.4, -0.2) is 51.9 Å². The van der Waals surface area contributed by atoms with Gasteiger partial charge in [-0.25, -0.2) is 8.42 Å². The molecule has 8 heteroatoms. The minimum Gasteiger partial charge on any atom is -0.332 e. The van der Waals surface area contributed by atoms with Gasteiger partial charge in [0.1, 0.15) is 11.4 Å². The number of nitrogens with zero attached hydrogens (tertiary/aromatic N) is 4. The van der Waals surface area contributed by atoms with Crippen LogP contribution < -0.4 is 0 Å². The van der Waals surface area contributed by atoms with E-state index in [2.05, 4.69) is 5.10 Å². The molecule has 0 fully saturated rings. The zero-order valence-electron chi connectivity index (χ0n) is 19.1. The van der Waals surface area contributed by atoms with Crippen molar-refractivity contribution in [2.45, 2.75) is 72.0 Å². The van der Waals surface area contributed by atoms with Gasteiger partial charge in [-0.05, 0) is 40.2 Å². The first kappa shape index (κ1) is 24.1. The van der Waals surface area contributed by atoms with Crippen LogP contribution in [0.15, 0.2) is 35.2 Å². The highest BCUT2D eigenvalue weighted by Crippen LogP contribution is 2.24. The van der Waals surface area contributed by atoms with Gasteiger partial charge in [-0.1, -0.05) is 44.2 Å². The molecule has 1 aromatic heterocycles. The van der Waals surface area contributed by atoms with Crippen molar-refractivity contribution < 1.29 is 13.2 Å². The van der Waals surface area contributed by atoms with Crippen LogP contribution in [0.2, 0.25) is 0 Å². The summed E-state index contributed by atoms with van der Waals surface area (Å²) >= 11 is 0. The van der Waals surface area contributed by atoms with Crippen molar-refractivity contribution >= 4 is 15.9 Å². The third-order valence-corrected chi connectivity index (χ3v) is 7.50. The molecular formula is C22H34N4O3S. The lowest BCUT2D eigenvalue weighted by Gasteiger charge is -2.36. The van der Waals surface area contributed by atoms with Gasteiger partial charge in [0.15, 0.2) is 0 Å². The van der Waals surface area contributed by atoms with Crippen LogP contribution in [0.5, 0.6) is 0 Å². The predicted molar refractivity (Wildman–Crippen MR) is 119 cm³/mol. The van der Waals surface area contributed by atoms with Gasteiger partial charge in [-0.2, -0.15) is 9.40 Å². The summed E-state index contributed by atoms with van der Waals surface area (Å²) < 4.78 is 29.0. The quantitative estimate of drug-likeness (QED) is 0.638. The Labute approximate surface area is 180 Å². The summed E-state index contributed by atoms with van der Waals surface area (Å²) in [6, 6.07) is 9.83. The predicted octanol–water partition coefficient (Wildman–Crippen LogP) is 3.36. The van der Waals surface area contributed by atoms with Crippen LogP contribution in [0.4, 0.5) is 0 Å². The molecule has 0 atom stereocenters. The van der Waals surface area contributed by atoms with Crippen molar-refractivity contribution in [1.82, 2.24) is 19.0 Å². The lowest BCUT2D eigenvalue weighted by Crippen LogP contribution is -2.46. The van der Waals surface area contributed by atoms with Gasteiger partial charge < -0.3 is 4.90 Å².